The fourth-order valence-electron chi connectivity index (χ4n) is 4.82. The molecule has 1 atom stereocenters. The number of nitrogens with zero attached hydrogens (tertiary/aromatic N) is 3. The highest BCUT2D eigenvalue weighted by atomic mass is 16.5. The molecule has 0 bridgehead atoms. The van der Waals surface area contributed by atoms with Gasteiger partial charge in [-0.2, -0.15) is 4.98 Å². The van der Waals surface area contributed by atoms with Crippen LogP contribution >= 0.6 is 0 Å². The molecule has 2 aromatic rings. The molecule has 2 aliphatic rings. The van der Waals surface area contributed by atoms with Crippen LogP contribution in [0.15, 0.2) is 28.8 Å². The van der Waals surface area contributed by atoms with E-state index in [9.17, 15) is 9.59 Å². The van der Waals surface area contributed by atoms with Gasteiger partial charge in [0.15, 0.2) is 0 Å². The molecule has 1 aliphatic carbocycles. The first-order valence-electron chi connectivity index (χ1n) is 11.3. The van der Waals surface area contributed by atoms with Gasteiger partial charge in [0.05, 0.1) is 0 Å². The normalized spacial score (nSPS) is 17.4. The summed E-state index contributed by atoms with van der Waals surface area (Å²) in [7, 11) is 0. The van der Waals surface area contributed by atoms with E-state index in [1.54, 1.807) is 10.4 Å². The molecular formula is C23H30N4O4. The van der Waals surface area contributed by atoms with Crippen molar-refractivity contribution in [1.29, 1.82) is 0 Å². The molecule has 2 amide bonds. The average molecular weight is 427 g/mol. The van der Waals surface area contributed by atoms with E-state index in [0.717, 1.165) is 29.9 Å². The third kappa shape index (κ3) is 5.31. The monoisotopic (exact) mass is 426 g/mol. The predicted octanol–water partition coefficient (Wildman–Crippen LogP) is 3.96. The molecule has 2 heterocycles. The van der Waals surface area contributed by atoms with Gasteiger partial charge in [-0.1, -0.05) is 74.4 Å². The molecule has 0 unspecified atom stereocenters. The summed E-state index contributed by atoms with van der Waals surface area (Å²) in [5.74, 6) is -0.0439. The number of benzene rings is 1. The third-order valence-corrected chi connectivity index (χ3v) is 6.56. The molecule has 1 aromatic carbocycles. The van der Waals surface area contributed by atoms with Crippen molar-refractivity contribution in [2.24, 2.45) is 5.92 Å². The zero-order chi connectivity index (χ0) is 21.6. The minimum absolute atomic E-state index is 0.0180. The molecule has 1 aliphatic heterocycles. The topological polar surface area (TPSA) is 109 Å². The lowest BCUT2D eigenvalue weighted by molar-refractivity contribution is -0.129. The highest BCUT2D eigenvalue weighted by Gasteiger charge is 2.29. The van der Waals surface area contributed by atoms with Gasteiger partial charge in [-0.05, 0) is 23.5 Å². The fourth-order valence-corrected chi connectivity index (χ4v) is 4.82. The number of nitrogens with one attached hydrogen (secondary N) is 1. The van der Waals surface area contributed by atoms with Gasteiger partial charge in [-0.3, -0.25) is 14.8 Å². The van der Waals surface area contributed by atoms with Gasteiger partial charge in [0.25, 0.3) is 11.7 Å². The van der Waals surface area contributed by atoms with Crippen molar-refractivity contribution in [1.82, 2.24) is 20.5 Å². The summed E-state index contributed by atoms with van der Waals surface area (Å²) < 4.78 is 5.40. The zero-order valence-corrected chi connectivity index (χ0v) is 17.8. The van der Waals surface area contributed by atoms with Crippen molar-refractivity contribution < 1.29 is 19.3 Å². The highest BCUT2D eigenvalue weighted by molar-refractivity contribution is 5.90. The number of hydrogen-bond donors (Lipinski definition) is 2. The Morgan fingerprint density at radius 1 is 1.16 bits per heavy atom. The maximum Gasteiger partial charge on any atom is 0.295 e. The van der Waals surface area contributed by atoms with E-state index < -0.39 is 5.91 Å². The summed E-state index contributed by atoms with van der Waals surface area (Å²) in [6, 6.07) is 7.95. The van der Waals surface area contributed by atoms with Crippen LogP contribution in [0.25, 0.3) is 0 Å². The maximum absolute atomic E-state index is 12.9. The summed E-state index contributed by atoms with van der Waals surface area (Å²) in [6.07, 6.45) is 9.30. The summed E-state index contributed by atoms with van der Waals surface area (Å²) in [6.45, 7) is 1.05. The van der Waals surface area contributed by atoms with Crippen LogP contribution in [-0.4, -0.2) is 32.1 Å². The van der Waals surface area contributed by atoms with Gasteiger partial charge in [-0.15, -0.1) is 0 Å². The molecule has 8 heteroatoms. The molecule has 0 spiro atoms. The predicted molar refractivity (Wildman–Crippen MR) is 112 cm³/mol. The number of hydrogen-bond acceptors (Lipinski definition) is 6. The Morgan fingerprint density at radius 3 is 2.55 bits per heavy atom. The number of rotatable bonds is 8. The molecule has 1 aromatic heterocycles. The van der Waals surface area contributed by atoms with E-state index in [2.05, 4.69) is 10.1 Å². The van der Waals surface area contributed by atoms with Crippen molar-refractivity contribution in [3.05, 3.63) is 47.1 Å². The Kier molecular flexibility index (Phi) is 6.96. The van der Waals surface area contributed by atoms with Crippen molar-refractivity contribution in [2.45, 2.75) is 76.8 Å². The van der Waals surface area contributed by atoms with Crippen LogP contribution in [0.1, 0.15) is 91.3 Å². The quantitative estimate of drug-likeness (QED) is 0.489. The first-order chi connectivity index (χ1) is 15.1. The molecule has 1 saturated carbocycles. The Balaban J connectivity index is 1.39. The Morgan fingerprint density at radius 2 is 1.87 bits per heavy atom. The van der Waals surface area contributed by atoms with Gasteiger partial charge < -0.3 is 9.42 Å². The Labute approximate surface area is 182 Å². The molecular weight excluding hydrogens is 396 g/mol. The van der Waals surface area contributed by atoms with Crippen LogP contribution in [-0.2, 0) is 17.9 Å². The molecule has 1 fully saturated rings. The summed E-state index contributed by atoms with van der Waals surface area (Å²) in [5.41, 5.74) is 3.94. The van der Waals surface area contributed by atoms with Crippen LogP contribution < -0.4 is 5.48 Å². The highest BCUT2D eigenvalue weighted by Crippen LogP contribution is 2.31. The van der Waals surface area contributed by atoms with Gasteiger partial charge in [0.1, 0.15) is 0 Å². The lowest BCUT2D eigenvalue weighted by Gasteiger charge is -2.22. The van der Waals surface area contributed by atoms with Crippen molar-refractivity contribution in [2.75, 3.05) is 0 Å². The second-order valence-corrected chi connectivity index (χ2v) is 8.76. The molecule has 0 saturated heterocycles. The summed E-state index contributed by atoms with van der Waals surface area (Å²) >= 11 is 0. The van der Waals surface area contributed by atoms with Crippen LogP contribution in [0.5, 0.6) is 0 Å². The van der Waals surface area contributed by atoms with Crippen LogP contribution in [0, 0.1) is 5.92 Å². The number of hydroxylamine groups is 1. The second kappa shape index (κ2) is 10.0. The standard InChI is InChI=1S/C23H30N4O4/c28-20(25-30)13-17(12-6-9-16-7-2-1-3-8-16)22-24-21(26-31-22)23(29)27-14-18-10-4-5-11-19(18)15-27/h4-5,10-11,16-17,30H,1-3,6-9,12-15H2,(H,25,28)/t17-/m1/s1. The second-order valence-electron chi connectivity index (χ2n) is 8.76. The lowest BCUT2D eigenvalue weighted by Crippen LogP contribution is -2.26. The Bertz CT molecular complexity index is 881. The zero-order valence-electron chi connectivity index (χ0n) is 17.8. The van der Waals surface area contributed by atoms with E-state index >= 15 is 0 Å². The van der Waals surface area contributed by atoms with Crippen molar-refractivity contribution >= 4 is 11.8 Å². The van der Waals surface area contributed by atoms with Crippen LogP contribution in [0.4, 0.5) is 0 Å². The van der Waals surface area contributed by atoms with E-state index in [1.165, 1.54) is 32.1 Å². The van der Waals surface area contributed by atoms with Gasteiger partial charge in [0, 0.05) is 25.4 Å². The van der Waals surface area contributed by atoms with E-state index in [0.29, 0.717) is 19.5 Å². The average Bonchev–Trinajstić information content (AvgIpc) is 3.46. The number of fused-ring (bicyclic) bond motifs is 1. The van der Waals surface area contributed by atoms with Gasteiger partial charge in [0.2, 0.25) is 11.8 Å². The minimum atomic E-state index is -0.497. The molecule has 166 valence electrons. The number of amides is 2. The summed E-state index contributed by atoms with van der Waals surface area (Å²) in [5, 5.41) is 12.9. The first kappa shape index (κ1) is 21.5. The van der Waals surface area contributed by atoms with Crippen LogP contribution in [0.3, 0.4) is 0 Å². The molecule has 0 radical (unpaired) electrons. The first-order valence-corrected chi connectivity index (χ1v) is 11.3. The largest absolute Gasteiger partial charge is 0.338 e. The van der Waals surface area contributed by atoms with Gasteiger partial charge >= 0.3 is 0 Å². The summed E-state index contributed by atoms with van der Waals surface area (Å²) in [4.78, 5) is 30.7. The molecule has 2 N–H and O–H groups in total. The fraction of sp³-hybridized carbons (Fsp3) is 0.565. The Hall–Kier alpha value is -2.74. The molecule has 31 heavy (non-hydrogen) atoms. The number of aromatic nitrogens is 2. The minimum Gasteiger partial charge on any atom is -0.338 e. The van der Waals surface area contributed by atoms with E-state index in [4.69, 9.17) is 9.73 Å². The molecule has 8 nitrogen and oxygen atoms in total. The van der Waals surface area contributed by atoms with E-state index in [1.807, 2.05) is 24.3 Å². The third-order valence-electron chi connectivity index (χ3n) is 6.56. The number of carbonyl (C=O) groups excluding carboxylic acids is 2. The van der Waals surface area contributed by atoms with Crippen molar-refractivity contribution in [3.8, 4) is 0 Å². The van der Waals surface area contributed by atoms with Gasteiger partial charge in [-0.25, -0.2) is 5.48 Å². The lowest BCUT2D eigenvalue weighted by atomic mass is 9.84. The van der Waals surface area contributed by atoms with Crippen molar-refractivity contribution in [3.63, 3.8) is 0 Å². The van der Waals surface area contributed by atoms with E-state index in [-0.39, 0.29) is 30.0 Å². The maximum atomic E-state index is 12.9. The molecule has 4 rings (SSSR count). The number of carbonyl (C=O) groups is 2. The smallest absolute Gasteiger partial charge is 0.295 e. The van der Waals surface area contributed by atoms with Crippen LogP contribution in [0.2, 0.25) is 0 Å². The SMILES string of the molecule is O=C(C[C@@H](CCCC1CCCCC1)c1nc(C(=O)N2Cc3ccccc3C2)no1)NO.